The molecule has 2 amide bonds. The molecule has 4 aromatic rings. The van der Waals surface area contributed by atoms with Crippen molar-refractivity contribution in [3.63, 3.8) is 0 Å². The number of carbonyl (C=O) groups is 2. The van der Waals surface area contributed by atoms with Crippen LogP contribution < -0.4 is 0 Å². The van der Waals surface area contributed by atoms with Crippen molar-refractivity contribution >= 4 is 11.8 Å². The molecule has 1 atom stereocenters. The summed E-state index contributed by atoms with van der Waals surface area (Å²) in [5.74, 6) is -0.956. The first kappa shape index (κ1) is 36.3. The predicted molar refractivity (Wildman–Crippen MR) is 156 cm³/mol. The topological polar surface area (TPSA) is 118 Å². The third kappa shape index (κ3) is 7.26. The van der Waals surface area contributed by atoms with Gasteiger partial charge in [-0.25, -0.2) is 0 Å². The fourth-order valence-electron chi connectivity index (χ4n) is 5.48. The average molecular weight is 759 g/mol. The van der Waals surface area contributed by atoms with Crippen molar-refractivity contribution in [2.24, 2.45) is 5.41 Å². The molecule has 43 heavy (non-hydrogen) atoms. The molecule has 0 aromatic heterocycles. The zero-order valence-electron chi connectivity index (χ0n) is 23.9. The molecule has 4 aromatic carbocycles. The number of amides is 2. The van der Waals surface area contributed by atoms with Crippen molar-refractivity contribution in [2.45, 2.75) is 44.8 Å². The number of imide groups is 1. The molecule has 0 saturated carbocycles. The van der Waals surface area contributed by atoms with E-state index in [0.29, 0.717) is 11.1 Å². The first-order valence-electron chi connectivity index (χ1n) is 13.4. The van der Waals surface area contributed by atoms with Gasteiger partial charge in [-0.2, -0.15) is 0 Å². The van der Waals surface area contributed by atoms with Crippen LogP contribution in [-0.2, 0) is 44.4 Å². The summed E-state index contributed by atoms with van der Waals surface area (Å²) in [6, 6.07) is 34.3. The molecule has 9 heteroatoms. The van der Waals surface area contributed by atoms with Crippen LogP contribution in [-0.4, -0.2) is 55.8 Å². The van der Waals surface area contributed by atoms with Crippen LogP contribution in [0.1, 0.15) is 58.2 Å². The standard InChI is InChI=1S/C20H18O2.C14H17NO4.2Rh/c21-19(22)20(16-10-4-1-5-11-16,17-12-6-2-7-13-17)18-14-8-3-9-15-18;1-14(2,3)10(13(18)19)15-11(16)8-6-4-5-7-9(8)12(15)17;;/h1-15,19,21-22H;4-7,10,13,18-19H,1-3H3;;/t;10-;;/m.1../s1. The predicted octanol–water partition coefficient (Wildman–Crippen LogP) is 4.33. The summed E-state index contributed by atoms with van der Waals surface area (Å²) in [6.45, 7) is 5.25. The Morgan fingerprint density at radius 1 is 0.535 bits per heavy atom. The minimum atomic E-state index is -1.78. The van der Waals surface area contributed by atoms with E-state index < -0.39 is 41.3 Å². The number of nitrogens with zero attached hydrogens (tertiary/aromatic N) is 1. The third-order valence-electron chi connectivity index (χ3n) is 7.35. The Kier molecular flexibility index (Phi) is 12.8. The van der Waals surface area contributed by atoms with Crippen molar-refractivity contribution in [1.82, 2.24) is 4.90 Å². The number of aliphatic hydroxyl groups is 4. The Morgan fingerprint density at radius 3 is 1.09 bits per heavy atom. The fraction of sp³-hybridized carbons (Fsp3) is 0.235. The Morgan fingerprint density at radius 2 is 0.837 bits per heavy atom. The van der Waals surface area contributed by atoms with Gasteiger partial charge in [0.2, 0.25) is 0 Å². The van der Waals surface area contributed by atoms with Gasteiger partial charge < -0.3 is 20.4 Å². The van der Waals surface area contributed by atoms with Gasteiger partial charge in [0.25, 0.3) is 11.8 Å². The molecule has 0 saturated heterocycles. The summed E-state index contributed by atoms with van der Waals surface area (Å²) in [6.07, 6.45) is -3.33. The van der Waals surface area contributed by atoms with Gasteiger partial charge in [0, 0.05) is 39.0 Å². The van der Waals surface area contributed by atoms with Crippen molar-refractivity contribution in [3.8, 4) is 0 Å². The van der Waals surface area contributed by atoms with Crippen LogP contribution in [0, 0.1) is 5.41 Å². The van der Waals surface area contributed by atoms with Crippen LogP contribution >= 0.6 is 0 Å². The Bertz CT molecular complexity index is 1340. The van der Waals surface area contributed by atoms with Gasteiger partial charge in [-0.3, -0.25) is 14.5 Å². The van der Waals surface area contributed by atoms with E-state index >= 15 is 0 Å². The zero-order chi connectivity index (χ0) is 29.8. The molecule has 7 nitrogen and oxygen atoms in total. The van der Waals surface area contributed by atoms with Gasteiger partial charge in [-0.05, 0) is 34.2 Å². The number of fused-ring (bicyclic) bond motifs is 1. The molecule has 230 valence electrons. The van der Waals surface area contributed by atoms with Crippen LogP contribution in [0.25, 0.3) is 0 Å². The largest absolute Gasteiger partial charge is 0.367 e. The molecule has 0 fully saturated rings. The molecule has 0 spiro atoms. The van der Waals surface area contributed by atoms with E-state index in [9.17, 15) is 30.0 Å². The van der Waals surface area contributed by atoms with E-state index in [1.165, 1.54) is 0 Å². The van der Waals surface area contributed by atoms with Gasteiger partial charge in [0.1, 0.15) is 0 Å². The summed E-state index contributed by atoms with van der Waals surface area (Å²) in [5.41, 5.74) is 1.52. The van der Waals surface area contributed by atoms with E-state index in [0.717, 1.165) is 21.6 Å². The van der Waals surface area contributed by atoms with Crippen LogP contribution in [0.15, 0.2) is 115 Å². The number of aliphatic hydroxyl groups excluding tert-OH is 2. The van der Waals surface area contributed by atoms with E-state index in [-0.39, 0.29) is 39.0 Å². The number of rotatable bonds is 6. The van der Waals surface area contributed by atoms with Crippen LogP contribution in [0.3, 0.4) is 0 Å². The SMILES string of the molecule is CC(C)(C)[C@@H](C(O)O)N1C(=O)c2ccccc2C1=O.OC(O)C(c1ccccc1)(c1ccccc1)c1ccccc1.[Rh].[Rh]. The van der Waals surface area contributed by atoms with Gasteiger partial charge in [-0.15, -0.1) is 0 Å². The molecule has 0 bridgehead atoms. The summed E-state index contributed by atoms with van der Waals surface area (Å²) in [5, 5.41) is 39.8. The van der Waals surface area contributed by atoms with Crippen LogP contribution in [0.2, 0.25) is 0 Å². The Labute approximate surface area is 277 Å². The van der Waals surface area contributed by atoms with Crippen molar-refractivity contribution in [1.29, 1.82) is 0 Å². The van der Waals surface area contributed by atoms with E-state index in [2.05, 4.69) is 0 Å². The van der Waals surface area contributed by atoms with Gasteiger partial charge in [-0.1, -0.05) is 124 Å². The smallest absolute Gasteiger partial charge is 0.262 e. The van der Waals surface area contributed by atoms with Gasteiger partial charge in [0.05, 0.1) is 22.6 Å². The maximum atomic E-state index is 12.3. The number of hydrogen-bond acceptors (Lipinski definition) is 6. The molecule has 0 aliphatic carbocycles. The second-order valence-corrected chi connectivity index (χ2v) is 11.0. The van der Waals surface area contributed by atoms with E-state index in [1.807, 2.05) is 91.0 Å². The number of benzene rings is 4. The molecule has 4 N–H and O–H groups in total. The zero-order valence-corrected chi connectivity index (χ0v) is 27.2. The van der Waals surface area contributed by atoms with Crippen LogP contribution in [0.4, 0.5) is 0 Å². The monoisotopic (exact) mass is 759 g/mol. The molecule has 1 heterocycles. The average Bonchev–Trinajstić information content (AvgIpc) is 3.20. The third-order valence-corrected chi connectivity index (χ3v) is 7.35. The van der Waals surface area contributed by atoms with Crippen molar-refractivity contribution in [3.05, 3.63) is 143 Å². The van der Waals surface area contributed by atoms with Gasteiger partial charge >= 0.3 is 0 Å². The Hall–Kier alpha value is -2.89. The summed E-state index contributed by atoms with van der Waals surface area (Å²) < 4.78 is 0. The fourth-order valence-corrected chi connectivity index (χ4v) is 5.48. The number of hydrogen-bond donors (Lipinski definition) is 4. The van der Waals surface area contributed by atoms with Crippen LogP contribution in [0.5, 0.6) is 0 Å². The van der Waals surface area contributed by atoms with Gasteiger partial charge in [0.15, 0.2) is 12.6 Å². The van der Waals surface area contributed by atoms with E-state index in [1.54, 1.807) is 45.0 Å². The molecular formula is C34H35NO6Rh2. The number of carbonyl (C=O) groups excluding carboxylic acids is 2. The minimum Gasteiger partial charge on any atom is -0.367 e. The van der Waals surface area contributed by atoms with Crippen molar-refractivity contribution < 1.29 is 69.0 Å². The maximum Gasteiger partial charge on any atom is 0.262 e. The minimum absolute atomic E-state index is 0. The second-order valence-electron chi connectivity index (χ2n) is 11.0. The molecule has 1 aliphatic rings. The molecule has 2 radical (unpaired) electrons. The second kappa shape index (κ2) is 15.2. The van der Waals surface area contributed by atoms with E-state index in [4.69, 9.17) is 0 Å². The quantitative estimate of drug-likeness (QED) is 0.101. The summed E-state index contributed by atoms with van der Waals surface area (Å²) in [4.78, 5) is 25.5. The summed E-state index contributed by atoms with van der Waals surface area (Å²) >= 11 is 0. The molecule has 0 unspecified atom stereocenters. The summed E-state index contributed by atoms with van der Waals surface area (Å²) in [7, 11) is 0. The first-order chi connectivity index (χ1) is 19.5. The Balaban J connectivity index is 0.000000290. The normalized spacial score (nSPS) is 13.5. The molecule has 5 rings (SSSR count). The maximum absolute atomic E-state index is 12.3. The molecular weight excluding hydrogens is 724 g/mol. The van der Waals surface area contributed by atoms with Crippen molar-refractivity contribution in [2.75, 3.05) is 0 Å². The first-order valence-corrected chi connectivity index (χ1v) is 13.4. The molecule has 1 aliphatic heterocycles.